The molecule has 0 radical (unpaired) electrons. The maximum Gasteiger partial charge on any atom is 0.344 e. The van der Waals surface area contributed by atoms with E-state index in [1.807, 2.05) is 0 Å². The zero-order valence-electron chi connectivity index (χ0n) is 11.6. The van der Waals surface area contributed by atoms with Crippen molar-refractivity contribution in [3.63, 3.8) is 0 Å². The molecule has 0 aliphatic rings. The molecule has 0 atom stereocenters. The summed E-state index contributed by atoms with van der Waals surface area (Å²) in [4.78, 5) is 23.1. The fourth-order valence-electron chi connectivity index (χ4n) is 1.38. The molecule has 0 fully saturated rings. The fourth-order valence-corrected chi connectivity index (χ4v) is 1.89. The molecular formula is C14H12Cl2N2O4. The number of Topliss-reactive ketones (excluding diaryl/α,β-unsaturated/α-hetero) is 1. The van der Waals surface area contributed by atoms with Gasteiger partial charge in [0, 0.05) is 5.70 Å². The van der Waals surface area contributed by atoms with E-state index in [1.54, 1.807) is 24.3 Å². The van der Waals surface area contributed by atoms with Crippen molar-refractivity contribution in [3.05, 3.63) is 39.5 Å². The standard InChI is InChI=1S/C14H12Cl2N2O4/c1-8(18)9(5-17)12(19)6-21-13(20)7-22-14-10(15)3-2-4-11(14)16/h2-4H,6-7,18H2,1H3. The molecule has 1 aromatic rings. The van der Waals surface area contributed by atoms with Gasteiger partial charge in [-0.25, -0.2) is 4.79 Å². The zero-order valence-corrected chi connectivity index (χ0v) is 13.1. The number of ether oxygens (including phenoxy) is 2. The van der Waals surface area contributed by atoms with Crippen molar-refractivity contribution in [2.24, 2.45) is 5.73 Å². The van der Waals surface area contributed by atoms with Crippen molar-refractivity contribution in [1.29, 1.82) is 5.26 Å². The minimum atomic E-state index is -0.809. The van der Waals surface area contributed by atoms with E-state index in [9.17, 15) is 9.59 Å². The van der Waals surface area contributed by atoms with Crippen molar-refractivity contribution >= 4 is 35.0 Å². The summed E-state index contributed by atoms with van der Waals surface area (Å²) in [5.74, 6) is -1.35. The average molecular weight is 343 g/mol. The number of allylic oxidation sites excluding steroid dienone is 1. The lowest BCUT2D eigenvalue weighted by molar-refractivity contribution is -0.149. The zero-order chi connectivity index (χ0) is 16.7. The predicted octanol–water partition coefficient (Wildman–Crippen LogP) is 2.24. The number of ketones is 1. The Balaban J connectivity index is 2.54. The molecule has 2 N–H and O–H groups in total. The number of hydrogen-bond donors (Lipinski definition) is 1. The summed E-state index contributed by atoms with van der Waals surface area (Å²) in [6.07, 6.45) is 0. The van der Waals surface area contributed by atoms with Crippen LogP contribution in [0.4, 0.5) is 0 Å². The fraction of sp³-hybridized carbons (Fsp3) is 0.214. The lowest BCUT2D eigenvalue weighted by atomic mass is 10.1. The smallest absolute Gasteiger partial charge is 0.344 e. The van der Waals surface area contributed by atoms with Gasteiger partial charge < -0.3 is 15.2 Å². The van der Waals surface area contributed by atoms with Gasteiger partial charge in [0.1, 0.15) is 11.6 Å². The molecule has 22 heavy (non-hydrogen) atoms. The van der Waals surface area contributed by atoms with E-state index in [0.717, 1.165) is 0 Å². The molecule has 0 heterocycles. The Labute approximate surface area is 137 Å². The topological polar surface area (TPSA) is 102 Å². The predicted molar refractivity (Wildman–Crippen MR) is 80.4 cm³/mol. The van der Waals surface area contributed by atoms with Gasteiger partial charge in [0.05, 0.1) is 10.0 Å². The van der Waals surface area contributed by atoms with Gasteiger partial charge in [0.25, 0.3) is 0 Å². The first kappa shape index (κ1) is 17.8. The number of para-hydroxylation sites is 1. The number of benzene rings is 1. The van der Waals surface area contributed by atoms with Gasteiger partial charge in [-0.15, -0.1) is 0 Å². The Bertz CT molecular complexity index is 641. The van der Waals surface area contributed by atoms with Crippen LogP contribution in [0.2, 0.25) is 10.0 Å². The Morgan fingerprint density at radius 1 is 1.27 bits per heavy atom. The highest BCUT2D eigenvalue weighted by molar-refractivity contribution is 6.37. The summed E-state index contributed by atoms with van der Waals surface area (Å²) < 4.78 is 9.84. The molecule has 0 aromatic heterocycles. The van der Waals surface area contributed by atoms with Crippen LogP contribution in [0.15, 0.2) is 29.5 Å². The number of rotatable bonds is 6. The normalized spacial score (nSPS) is 11.2. The maximum absolute atomic E-state index is 11.6. The molecule has 6 nitrogen and oxygen atoms in total. The number of halogens is 2. The van der Waals surface area contributed by atoms with Crippen LogP contribution in [0.25, 0.3) is 0 Å². The van der Waals surface area contributed by atoms with E-state index in [4.69, 9.17) is 43.7 Å². The SMILES string of the molecule is CC(N)=C(C#N)C(=O)COC(=O)COc1c(Cl)cccc1Cl. The molecule has 0 spiro atoms. The van der Waals surface area contributed by atoms with Gasteiger partial charge in [-0.1, -0.05) is 29.3 Å². The van der Waals surface area contributed by atoms with Gasteiger partial charge in [-0.05, 0) is 19.1 Å². The molecule has 1 aromatic carbocycles. The molecule has 0 aliphatic heterocycles. The molecule has 0 aliphatic carbocycles. The Morgan fingerprint density at radius 2 is 1.86 bits per heavy atom. The number of nitriles is 1. The van der Waals surface area contributed by atoms with Gasteiger partial charge in [0.2, 0.25) is 5.78 Å². The van der Waals surface area contributed by atoms with Crippen molar-refractivity contribution in [1.82, 2.24) is 0 Å². The van der Waals surface area contributed by atoms with Crippen LogP contribution in [-0.2, 0) is 14.3 Å². The minimum Gasteiger partial charge on any atom is -0.479 e. The van der Waals surface area contributed by atoms with Crippen LogP contribution in [0.5, 0.6) is 5.75 Å². The molecular weight excluding hydrogens is 331 g/mol. The molecule has 0 unspecified atom stereocenters. The van der Waals surface area contributed by atoms with Gasteiger partial charge in [-0.2, -0.15) is 5.26 Å². The van der Waals surface area contributed by atoms with E-state index < -0.39 is 25.0 Å². The van der Waals surface area contributed by atoms with Crippen LogP contribution in [0.3, 0.4) is 0 Å². The first-order chi connectivity index (χ1) is 10.4. The molecule has 116 valence electrons. The average Bonchev–Trinajstić information content (AvgIpc) is 2.45. The second-order valence-corrected chi connectivity index (χ2v) is 4.91. The highest BCUT2D eigenvalue weighted by Gasteiger charge is 2.15. The van der Waals surface area contributed by atoms with Crippen LogP contribution in [-0.4, -0.2) is 25.0 Å². The third-order valence-corrected chi connectivity index (χ3v) is 3.00. The number of nitrogens with two attached hydrogens (primary N) is 1. The monoisotopic (exact) mass is 342 g/mol. The third kappa shape index (κ3) is 4.95. The van der Waals surface area contributed by atoms with Gasteiger partial charge >= 0.3 is 5.97 Å². The first-order valence-electron chi connectivity index (χ1n) is 5.99. The van der Waals surface area contributed by atoms with Crippen LogP contribution < -0.4 is 10.5 Å². The number of carbonyl (C=O) groups is 2. The van der Waals surface area contributed by atoms with Crippen LogP contribution in [0.1, 0.15) is 6.92 Å². The summed E-state index contributed by atoms with van der Waals surface area (Å²) >= 11 is 11.7. The van der Waals surface area contributed by atoms with Crippen molar-refractivity contribution < 1.29 is 19.1 Å². The summed E-state index contributed by atoms with van der Waals surface area (Å²) in [7, 11) is 0. The number of carbonyl (C=O) groups excluding carboxylic acids is 2. The molecule has 0 bridgehead atoms. The highest BCUT2D eigenvalue weighted by atomic mass is 35.5. The summed E-state index contributed by atoms with van der Waals surface area (Å²) in [5, 5.41) is 9.22. The minimum absolute atomic E-state index is 0.0580. The first-order valence-corrected chi connectivity index (χ1v) is 6.74. The summed E-state index contributed by atoms with van der Waals surface area (Å²) in [6, 6.07) is 6.36. The van der Waals surface area contributed by atoms with Gasteiger partial charge in [0.15, 0.2) is 19.0 Å². The van der Waals surface area contributed by atoms with E-state index in [0.29, 0.717) is 0 Å². The number of hydrogen-bond acceptors (Lipinski definition) is 6. The quantitative estimate of drug-likeness (QED) is 0.483. The second kappa shape index (κ2) is 8.27. The maximum atomic E-state index is 11.6. The Morgan fingerprint density at radius 3 is 2.36 bits per heavy atom. The largest absolute Gasteiger partial charge is 0.479 e. The number of esters is 1. The third-order valence-electron chi connectivity index (χ3n) is 2.40. The van der Waals surface area contributed by atoms with Crippen LogP contribution >= 0.6 is 23.2 Å². The van der Waals surface area contributed by atoms with E-state index in [2.05, 4.69) is 0 Å². The molecule has 1 rings (SSSR count). The van der Waals surface area contributed by atoms with E-state index in [1.165, 1.54) is 6.92 Å². The molecule has 0 amide bonds. The Kier molecular flexibility index (Phi) is 6.70. The van der Waals surface area contributed by atoms with Crippen molar-refractivity contribution in [3.8, 4) is 11.8 Å². The molecule has 0 saturated carbocycles. The summed E-state index contributed by atoms with van der Waals surface area (Å²) in [5.41, 5.74) is 5.17. The van der Waals surface area contributed by atoms with Gasteiger partial charge in [-0.3, -0.25) is 4.79 Å². The van der Waals surface area contributed by atoms with Crippen molar-refractivity contribution in [2.75, 3.05) is 13.2 Å². The summed E-state index contributed by atoms with van der Waals surface area (Å²) in [6.45, 7) is 0.320. The Hall–Kier alpha value is -2.23. The second-order valence-electron chi connectivity index (χ2n) is 4.09. The molecule has 8 heteroatoms. The number of nitrogens with zero attached hydrogens (tertiary/aromatic N) is 1. The molecule has 0 saturated heterocycles. The lowest BCUT2D eigenvalue weighted by Crippen LogP contribution is -2.21. The van der Waals surface area contributed by atoms with Crippen molar-refractivity contribution in [2.45, 2.75) is 6.92 Å². The van der Waals surface area contributed by atoms with E-state index >= 15 is 0 Å². The lowest BCUT2D eigenvalue weighted by Gasteiger charge is -2.09. The van der Waals surface area contributed by atoms with Crippen LogP contribution in [0, 0.1) is 11.3 Å². The van der Waals surface area contributed by atoms with E-state index in [-0.39, 0.29) is 27.1 Å². The highest BCUT2D eigenvalue weighted by Crippen LogP contribution is 2.32.